The van der Waals surface area contributed by atoms with Gasteiger partial charge in [0.05, 0.1) is 26.0 Å². The lowest BCUT2D eigenvalue weighted by atomic mass is 9.73. The minimum Gasteiger partial charge on any atom is -0.465 e. The van der Waals surface area contributed by atoms with Crippen LogP contribution in [-0.2, 0) is 14.0 Å². The molecule has 11 heteroatoms. The van der Waals surface area contributed by atoms with Gasteiger partial charge in [0.2, 0.25) is 5.95 Å². The van der Waals surface area contributed by atoms with E-state index in [-0.39, 0.29) is 30.2 Å². The summed E-state index contributed by atoms with van der Waals surface area (Å²) < 4.78 is 42.3. The number of aromatic nitrogens is 2. The van der Waals surface area contributed by atoms with Gasteiger partial charge in [0.15, 0.2) is 0 Å². The topological polar surface area (TPSA) is 94.6 Å². The third-order valence-corrected chi connectivity index (χ3v) is 5.45. The van der Waals surface area contributed by atoms with Gasteiger partial charge in [0, 0.05) is 42.1 Å². The highest BCUT2D eigenvalue weighted by Gasteiger charge is 2.36. The molecule has 0 saturated carbocycles. The van der Waals surface area contributed by atoms with Gasteiger partial charge in [-0.25, -0.2) is 9.78 Å². The number of alkyl halides is 2. The van der Waals surface area contributed by atoms with E-state index in [0.29, 0.717) is 35.7 Å². The van der Waals surface area contributed by atoms with Crippen LogP contribution in [-0.4, -0.2) is 62.8 Å². The first kappa shape index (κ1) is 25.8. The van der Waals surface area contributed by atoms with Crippen LogP contribution in [0.2, 0.25) is 0 Å². The van der Waals surface area contributed by atoms with Gasteiger partial charge >= 0.3 is 13.1 Å². The lowest BCUT2D eigenvalue weighted by Gasteiger charge is -2.33. The van der Waals surface area contributed by atoms with Crippen LogP contribution >= 0.6 is 0 Å². The van der Waals surface area contributed by atoms with Gasteiger partial charge in [-0.1, -0.05) is 19.9 Å². The standard InChI is InChI=1S/C23H31BF2N4O4/c1-15-12-27-22(30-20(15)28-16(7-9-25)8-10-26)29-17-5-6-19(18(11-17)21(31)32-4)24-33-13-23(2,3)14-34-24/h5-6,11-12,16H,7-10,13-14H2,1-4H3,(H2,27,28,29,30). The van der Waals surface area contributed by atoms with Crippen molar-refractivity contribution in [1.82, 2.24) is 9.97 Å². The van der Waals surface area contributed by atoms with Crippen molar-refractivity contribution in [2.75, 3.05) is 44.3 Å². The fourth-order valence-electron chi connectivity index (χ4n) is 3.52. The normalized spacial score (nSPS) is 15.3. The third-order valence-electron chi connectivity index (χ3n) is 5.45. The van der Waals surface area contributed by atoms with Gasteiger partial charge in [-0.2, -0.15) is 4.98 Å². The number of benzene rings is 1. The molecule has 3 rings (SSSR count). The van der Waals surface area contributed by atoms with E-state index in [0.717, 1.165) is 5.56 Å². The Bertz CT molecular complexity index is 979. The van der Waals surface area contributed by atoms with E-state index in [1.807, 2.05) is 20.8 Å². The van der Waals surface area contributed by atoms with Gasteiger partial charge in [-0.05, 0) is 37.4 Å². The monoisotopic (exact) mass is 476 g/mol. The second kappa shape index (κ2) is 11.6. The number of esters is 1. The summed E-state index contributed by atoms with van der Waals surface area (Å²) in [4.78, 5) is 21.2. The van der Waals surface area contributed by atoms with Crippen LogP contribution < -0.4 is 16.1 Å². The van der Waals surface area contributed by atoms with Crippen molar-refractivity contribution in [3.05, 3.63) is 35.5 Å². The Balaban J connectivity index is 1.82. The van der Waals surface area contributed by atoms with Crippen molar-refractivity contribution in [3.63, 3.8) is 0 Å². The summed E-state index contributed by atoms with van der Waals surface area (Å²) in [6.07, 6.45) is 1.98. The summed E-state index contributed by atoms with van der Waals surface area (Å²) in [5, 5.41) is 6.17. The quantitative estimate of drug-likeness (QED) is 0.397. The Kier molecular flexibility index (Phi) is 8.79. The highest BCUT2D eigenvalue weighted by molar-refractivity contribution is 6.63. The zero-order valence-electron chi connectivity index (χ0n) is 20.0. The fourth-order valence-corrected chi connectivity index (χ4v) is 3.52. The molecular formula is C23H31BF2N4O4. The number of methoxy groups -OCH3 is 1. The summed E-state index contributed by atoms with van der Waals surface area (Å²) >= 11 is 0. The number of anilines is 3. The molecule has 2 heterocycles. The number of nitrogens with zero attached hydrogens (tertiary/aromatic N) is 2. The molecule has 1 aromatic carbocycles. The first-order valence-electron chi connectivity index (χ1n) is 11.2. The fraction of sp³-hybridized carbons (Fsp3) is 0.522. The number of rotatable bonds is 10. The number of hydrogen-bond donors (Lipinski definition) is 2. The molecule has 1 saturated heterocycles. The van der Waals surface area contributed by atoms with Crippen LogP contribution in [0.25, 0.3) is 0 Å². The van der Waals surface area contributed by atoms with Gasteiger partial charge in [0.25, 0.3) is 0 Å². The number of hydrogen-bond acceptors (Lipinski definition) is 8. The van der Waals surface area contributed by atoms with E-state index in [1.54, 1.807) is 24.4 Å². The van der Waals surface area contributed by atoms with Gasteiger partial charge in [0.1, 0.15) is 5.82 Å². The Labute approximate surface area is 198 Å². The second-order valence-electron chi connectivity index (χ2n) is 9.06. The molecule has 1 fully saturated rings. The largest absolute Gasteiger partial charge is 0.494 e. The lowest BCUT2D eigenvalue weighted by molar-refractivity contribution is 0.0340. The number of halogens is 2. The Morgan fingerprint density at radius 3 is 2.53 bits per heavy atom. The number of carbonyl (C=O) groups is 1. The average Bonchev–Trinajstić information content (AvgIpc) is 2.81. The van der Waals surface area contributed by atoms with Crippen molar-refractivity contribution < 1.29 is 27.6 Å². The molecule has 1 aliphatic rings. The summed E-state index contributed by atoms with van der Waals surface area (Å²) in [5.41, 5.74) is 2.06. The van der Waals surface area contributed by atoms with Gasteiger partial charge < -0.3 is 24.7 Å². The summed E-state index contributed by atoms with van der Waals surface area (Å²) in [6, 6.07) is 4.75. The second-order valence-corrected chi connectivity index (χ2v) is 9.06. The first-order valence-corrected chi connectivity index (χ1v) is 11.2. The predicted octanol–water partition coefficient (Wildman–Crippen LogP) is 3.58. The maximum Gasteiger partial charge on any atom is 0.494 e. The highest BCUT2D eigenvalue weighted by Crippen LogP contribution is 2.24. The Hall–Kier alpha value is -2.79. The molecule has 0 aliphatic carbocycles. The average molecular weight is 476 g/mol. The van der Waals surface area contributed by atoms with E-state index < -0.39 is 26.4 Å². The predicted molar refractivity (Wildman–Crippen MR) is 128 cm³/mol. The van der Waals surface area contributed by atoms with Gasteiger partial charge in [-0.3, -0.25) is 8.78 Å². The molecule has 0 bridgehead atoms. The number of carbonyl (C=O) groups excluding carboxylic acids is 1. The maximum absolute atomic E-state index is 12.8. The maximum atomic E-state index is 12.8. The van der Waals surface area contributed by atoms with Crippen molar-refractivity contribution in [3.8, 4) is 0 Å². The summed E-state index contributed by atoms with van der Waals surface area (Å²) in [6.45, 7) is 5.78. The van der Waals surface area contributed by atoms with Gasteiger partial charge in [-0.15, -0.1) is 0 Å². The van der Waals surface area contributed by atoms with E-state index in [9.17, 15) is 13.6 Å². The molecule has 0 atom stereocenters. The number of aryl methyl sites for hydroxylation is 1. The lowest BCUT2D eigenvalue weighted by Crippen LogP contribution is -2.49. The van der Waals surface area contributed by atoms with Crippen LogP contribution in [0.4, 0.5) is 26.2 Å². The van der Waals surface area contributed by atoms with Crippen molar-refractivity contribution in [2.24, 2.45) is 5.41 Å². The molecule has 0 radical (unpaired) electrons. The highest BCUT2D eigenvalue weighted by atomic mass is 19.1. The Morgan fingerprint density at radius 2 is 1.91 bits per heavy atom. The van der Waals surface area contributed by atoms with Crippen LogP contribution in [0.1, 0.15) is 42.6 Å². The molecule has 0 spiro atoms. The minimum atomic E-state index is -0.675. The molecule has 0 unspecified atom stereocenters. The van der Waals surface area contributed by atoms with E-state index in [4.69, 9.17) is 14.0 Å². The molecule has 1 aromatic heterocycles. The third kappa shape index (κ3) is 6.63. The number of ether oxygens (including phenoxy) is 1. The summed E-state index contributed by atoms with van der Waals surface area (Å²) in [5.74, 6) is 0.229. The van der Waals surface area contributed by atoms with Crippen molar-refractivity contribution >= 4 is 36.0 Å². The molecule has 184 valence electrons. The van der Waals surface area contributed by atoms with Crippen LogP contribution in [0, 0.1) is 12.3 Å². The van der Waals surface area contributed by atoms with Crippen LogP contribution in [0.15, 0.2) is 24.4 Å². The summed E-state index contributed by atoms with van der Waals surface area (Å²) in [7, 11) is 0.634. The number of nitrogens with one attached hydrogen (secondary N) is 2. The first-order chi connectivity index (χ1) is 16.3. The molecule has 2 N–H and O–H groups in total. The van der Waals surface area contributed by atoms with Crippen LogP contribution in [0.3, 0.4) is 0 Å². The molecule has 1 aliphatic heterocycles. The van der Waals surface area contributed by atoms with E-state index in [1.165, 1.54) is 7.11 Å². The minimum absolute atomic E-state index is 0.106. The molecule has 34 heavy (non-hydrogen) atoms. The zero-order chi connectivity index (χ0) is 24.7. The van der Waals surface area contributed by atoms with E-state index >= 15 is 0 Å². The van der Waals surface area contributed by atoms with E-state index in [2.05, 4.69) is 20.6 Å². The van der Waals surface area contributed by atoms with Crippen molar-refractivity contribution in [2.45, 2.75) is 39.7 Å². The smallest absolute Gasteiger partial charge is 0.465 e. The van der Waals surface area contributed by atoms with Crippen LogP contribution in [0.5, 0.6) is 0 Å². The SMILES string of the molecule is COC(=O)c1cc(Nc2ncc(C)c(NC(CCF)CCF)n2)ccc1B1OCC(C)(C)CO1. The molecule has 0 amide bonds. The molecule has 2 aromatic rings. The molecule has 8 nitrogen and oxygen atoms in total. The molecular weight excluding hydrogens is 445 g/mol. The zero-order valence-corrected chi connectivity index (χ0v) is 20.0. The van der Waals surface area contributed by atoms with Crippen molar-refractivity contribution in [1.29, 1.82) is 0 Å². The Morgan fingerprint density at radius 1 is 1.24 bits per heavy atom.